The van der Waals surface area contributed by atoms with Gasteiger partial charge in [0.2, 0.25) is 0 Å². The Kier molecular flexibility index (Phi) is 4.48. The Labute approximate surface area is 136 Å². The van der Waals surface area contributed by atoms with E-state index in [2.05, 4.69) is 21.2 Å². The fraction of sp³-hybridized carbons (Fsp3) is 0.250. The van der Waals surface area contributed by atoms with Gasteiger partial charge in [0.1, 0.15) is 17.3 Å². The highest BCUT2D eigenvalue weighted by Crippen LogP contribution is 2.32. The second-order valence-corrected chi connectivity index (χ2v) is 6.35. The van der Waals surface area contributed by atoms with Gasteiger partial charge in [-0.2, -0.15) is 0 Å². The van der Waals surface area contributed by atoms with Crippen LogP contribution >= 0.6 is 27.5 Å². The molecule has 0 unspecified atom stereocenters. The fourth-order valence-electron chi connectivity index (χ4n) is 1.96. The van der Waals surface area contributed by atoms with E-state index in [4.69, 9.17) is 16.3 Å². The molecule has 0 aliphatic heterocycles. The number of benzene rings is 2. The van der Waals surface area contributed by atoms with Gasteiger partial charge < -0.3 is 10.1 Å². The Morgan fingerprint density at radius 2 is 2.05 bits per heavy atom. The average Bonchev–Trinajstić information content (AvgIpc) is 3.25. The number of nitrogens with one attached hydrogen (secondary N) is 1. The van der Waals surface area contributed by atoms with Gasteiger partial charge in [0.05, 0.1) is 4.47 Å². The van der Waals surface area contributed by atoms with Crippen molar-refractivity contribution in [3.05, 3.63) is 57.3 Å². The van der Waals surface area contributed by atoms with E-state index in [1.54, 1.807) is 12.1 Å². The van der Waals surface area contributed by atoms with Crippen molar-refractivity contribution in [2.75, 3.05) is 0 Å². The summed E-state index contributed by atoms with van der Waals surface area (Å²) in [5.41, 5.74) is 1.05. The van der Waals surface area contributed by atoms with Crippen LogP contribution in [0.2, 0.25) is 5.02 Å². The molecule has 1 N–H and O–H groups in total. The maximum absolute atomic E-state index is 13.0. The molecule has 1 saturated carbocycles. The molecular weight excluding hydrogens is 357 g/mol. The summed E-state index contributed by atoms with van der Waals surface area (Å²) < 4.78 is 19.3. The van der Waals surface area contributed by atoms with Crippen LogP contribution in [0.25, 0.3) is 0 Å². The molecule has 2 aromatic rings. The predicted octanol–water partition coefficient (Wildman–Crippen LogP) is 5.29. The second-order valence-electron chi connectivity index (χ2n) is 5.09. The molecule has 0 radical (unpaired) electrons. The van der Waals surface area contributed by atoms with Crippen molar-refractivity contribution < 1.29 is 9.13 Å². The molecule has 2 nitrogen and oxygen atoms in total. The second kappa shape index (κ2) is 6.34. The molecule has 0 heterocycles. The van der Waals surface area contributed by atoms with Crippen molar-refractivity contribution in [2.24, 2.45) is 0 Å². The Morgan fingerprint density at radius 3 is 2.71 bits per heavy atom. The van der Waals surface area contributed by atoms with Crippen LogP contribution in [0.1, 0.15) is 18.4 Å². The third kappa shape index (κ3) is 3.96. The molecule has 0 atom stereocenters. The zero-order chi connectivity index (χ0) is 14.8. The van der Waals surface area contributed by atoms with E-state index in [9.17, 15) is 4.39 Å². The third-order valence-corrected chi connectivity index (χ3v) is 4.28. The van der Waals surface area contributed by atoms with Crippen molar-refractivity contribution >= 4 is 27.5 Å². The van der Waals surface area contributed by atoms with E-state index in [1.807, 2.05) is 12.1 Å². The minimum Gasteiger partial charge on any atom is -0.456 e. The zero-order valence-electron chi connectivity index (χ0n) is 11.2. The number of ether oxygens (including phenoxy) is 1. The number of halogens is 3. The fourth-order valence-corrected chi connectivity index (χ4v) is 2.63. The average molecular weight is 371 g/mol. The van der Waals surface area contributed by atoms with Gasteiger partial charge in [0, 0.05) is 17.6 Å². The lowest BCUT2D eigenvalue weighted by atomic mass is 10.2. The quantitative estimate of drug-likeness (QED) is 0.772. The van der Waals surface area contributed by atoms with Gasteiger partial charge in [-0.25, -0.2) is 4.39 Å². The third-order valence-electron chi connectivity index (χ3n) is 3.30. The standard InChI is InChI=1S/C16H14BrClFNO/c17-14-7-11(19)2-6-16(14)21-13-5-1-10(15(18)8-13)9-20-12-3-4-12/h1-2,5-8,12,20H,3-4,9H2. The van der Waals surface area contributed by atoms with Crippen molar-refractivity contribution in [3.8, 4) is 11.5 Å². The minimum absolute atomic E-state index is 0.311. The minimum atomic E-state index is -0.311. The molecule has 21 heavy (non-hydrogen) atoms. The normalized spacial score (nSPS) is 14.2. The molecule has 110 valence electrons. The molecule has 1 fully saturated rings. The molecule has 0 amide bonds. The predicted molar refractivity (Wildman–Crippen MR) is 85.5 cm³/mol. The van der Waals surface area contributed by atoms with Gasteiger partial charge in [-0.1, -0.05) is 17.7 Å². The molecular formula is C16H14BrClFNO. The molecule has 0 saturated heterocycles. The van der Waals surface area contributed by atoms with E-state index in [0.29, 0.717) is 27.0 Å². The molecule has 1 aliphatic rings. The lowest BCUT2D eigenvalue weighted by Crippen LogP contribution is -2.15. The highest BCUT2D eigenvalue weighted by Gasteiger charge is 2.20. The summed E-state index contributed by atoms with van der Waals surface area (Å²) in [5.74, 6) is 0.868. The molecule has 0 aromatic heterocycles. The molecule has 5 heteroatoms. The Morgan fingerprint density at radius 1 is 1.24 bits per heavy atom. The van der Waals surface area contributed by atoms with Crippen molar-refractivity contribution in [2.45, 2.75) is 25.4 Å². The summed E-state index contributed by atoms with van der Waals surface area (Å²) >= 11 is 9.55. The van der Waals surface area contributed by atoms with Gasteiger partial charge in [0.15, 0.2) is 0 Å². The number of rotatable bonds is 5. The first-order valence-electron chi connectivity index (χ1n) is 6.76. The topological polar surface area (TPSA) is 21.3 Å². The van der Waals surface area contributed by atoms with E-state index in [1.165, 1.54) is 25.0 Å². The lowest BCUT2D eigenvalue weighted by molar-refractivity contribution is 0.477. The molecule has 0 spiro atoms. The summed E-state index contributed by atoms with van der Waals surface area (Å²) in [6, 6.07) is 10.5. The Bertz CT molecular complexity index is 661. The largest absolute Gasteiger partial charge is 0.456 e. The van der Waals surface area contributed by atoms with Crippen LogP contribution in [0, 0.1) is 5.82 Å². The van der Waals surface area contributed by atoms with Crippen LogP contribution in [0.4, 0.5) is 4.39 Å². The van der Waals surface area contributed by atoms with E-state index in [0.717, 1.165) is 12.1 Å². The Balaban J connectivity index is 1.71. The van der Waals surface area contributed by atoms with Gasteiger partial charge >= 0.3 is 0 Å². The SMILES string of the molecule is Fc1ccc(Oc2ccc(CNC3CC3)c(Cl)c2)c(Br)c1. The highest BCUT2D eigenvalue weighted by atomic mass is 79.9. The van der Waals surface area contributed by atoms with Crippen LogP contribution in [0.3, 0.4) is 0 Å². The molecule has 0 bridgehead atoms. The monoisotopic (exact) mass is 369 g/mol. The first-order chi connectivity index (χ1) is 10.1. The molecule has 2 aromatic carbocycles. The first-order valence-corrected chi connectivity index (χ1v) is 7.93. The summed E-state index contributed by atoms with van der Waals surface area (Å²) in [7, 11) is 0. The van der Waals surface area contributed by atoms with E-state index < -0.39 is 0 Å². The molecule has 1 aliphatic carbocycles. The summed E-state index contributed by atoms with van der Waals surface area (Å²) in [6.07, 6.45) is 2.49. The number of hydrogen-bond acceptors (Lipinski definition) is 2. The van der Waals surface area contributed by atoms with Gasteiger partial charge in [-0.15, -0.1) is 0 Å². The van der Waals surface area contributed by atoms with Gasteiger partial charge in [-0.3, -0.25) is 0 Å². The maximum atomic E-state index is 13.0. The van der Waals surface area contributed by atoms with E-state index in [-0.39, 0.29) is 5.82 Å². The smallest absolute Gasteiger partial charge is 0.141 e. The van der Waals surface area contributed by atoms with Crippen LogP contribution in [0.15, 0.2) is 40.9 Å². The summed E-state index contributed by atoms with van der Waals surface area (Å²) in [6.45, 7) is 0.768. The Hall–Kier alpha value is -1.10. The van der Waals surface area contributed by atoms with Gasteiger partial charge in [0.25, 0.3) is 0 Å². The van der Waals surface area contributed by atoms with Crippen molar-refractivity contribution in [3.63, 3.8) is 0 Å². The molecule has 3 rings (SSSR count). The lowest BCUT2D eigenvalue weighted by Gasteiger charge is -2.10. The van der Waals surface area contributed by atoms with Crippen LogP contribution < -0.4 is 10.1 Å². The van der Waals surface area contributed by atoms with Crippen LogP contribution in [-0.2, 0) is 6.54 Å². The summed E-state index contributed by atoms with van der Waals surface area (Å²) in [4.78, 5) is 0. The van der Waals surface area contributed by atoms with Gasteiger partial charge in [-0.05, 0) is 64.7 Å². The number of hydrogen-bond donors (Lipinski definition) is 1. The zero-order valence-corrected chi connectivity index (χ0v) is 13.5. The highest BCUT2D eigenvalue weighted by molar-refractivity contribution is 9.10. The van der Waals surface area contributed by atoms with Crippen LogP contribution in [-0.4, -0.2) is 6.04 Å². The van der Waals surface area contributed by atoms with Crippen molar-refractivity contribution in [1.29, 1.82) is 0 Å². The maximum Gasteiger partial charge on any atom is 0.141 e. The first kappa shape index (κ1) is 14.8. The van der Waals surface area contributed by atoms with Crippen molar-refractivity contribution in [1.82, 2.24) is 5.32 Å². The van der Waals surface area contributed by atoms with Crippen LogP contribution in [0.5, 0.6) is 11.5 Å². The summed E-state index contributed by atoms with van der Waals surface area (Å²) in [5, 5.41) is 4.09. The van der Waals surface area contributed by atoms with E-state index >= 15 is 0 Å².